The maximum Gasteiger partial charge on any atom is 0.0248 e. The van der Waals surface area contributed by atoms with Gasteiger partial charge in [-0.2, -0.15) is 0 Å². The monoisotopic (exact) mass is 238 g/mol. The molecule has 90 valence electrons. The molecule has 1 saturated heterocycles. The zero-order chi connectivity index (χ0) is 11.5. The van der Waals surface area contributed by atoms with Crippen LogP contribution in [-0.4, -0.2) is 24.0 Å². The van der Waals surface area contributed by atoms with Crippen LogP contribution in [0.15, 0.2) is 6.07 Å². The largest absolute Gasteiger partial charge is 0.329 e. The fourth-order valence-electron chi connectivity index (χ4n) is 2.59. The summed E-state index contributed by atoms with van der Waals surface area (Å²) >= 11 is 1.91. The van der Waals surface area contributed by atoms with E-state index < -0.39 is 0 Å². The van der Waals surface area contributed by atoms with Crippen LogP contribution < -0.4 is 5.73 Å². The normalized spacial score (nSPS) is 22.6. The summed E-state index contributed by atoms with van der Waals surface area (Å²) in [5, 5.41) is 0. The molecule has 0 saturated carbocycles. The molecule has 0 radical (unpaired) electrons. The Labute approximate surface area is 102 Å². The van der Waals surface area contributed by atoms with E-state index in [0.29, 0.717) is 6.04 Å². The predicted molar refractivity (Wildman–Crippen MR) is 70.9 cm³/mol. The fourth-order valence-corrected chi connectivity index (χ4v) is 3.53. The number of hydrogen-bond donors (Lipinski definition) is 1. The van der Waals surface area contributed by atoms with Gasteiger partial charge in [-0.1, -0.05) is 6.42 Å². The minimum absolute atomic E-state index is 0.605. The van der Waals surface area contributed by atoms with Crippen molar-refractivity contribution in [1.29, 1.82) is 0 Å². The van der Waals surface area contributed by atoms with Gasteiger partial charge in [0, 0.05) is 28.9 Å². The summed E-state index contributed by atoms with van der Waals surface area (Å²) in [5.41, 5.74) is 7.35. The van der Waals surface area contributed by atoms with Crippen LogP contribution in [-0.2, 0) is 6.54 Å². The molecule has 3 heteroatoms. The van der Waals surface area contributed by atoms with Gasteiger partial charge < -0.3 is 5.73 Å². The highest BCUT2D eigenvalue weighted by molar-refractivity contribution is 7.12. The molecule has 2 N–H and O–H groups in total. The summed E-state index contributed by atoms with van der Waals surface area (Å²) in [7, 11) is 0. The summed E-state index contributed by atoms with van der Waals surface area (Å²) in [6.07, 6.45) is 3.96. The quantitative estimate of drug-likeness (QED) is 0.877. The lowest BCUT2D eigenvalue weighted by molar-refractivity contribution is 0.145. The predicted octanol–water partition coefficient (Wildman–Crippen LogP) is 2.68. The highest BCUT2D eigenvalue weighted by Crippen LogP contribution is 2.25. The zero-order valence-electron chi connectivity index (χ0n) is 10.3. The second-order valence-electron chi connectivity index (χ2n) is 4.79. The molecule has 2 heterocycles. The maximum atomic E-state index is 5.85. The standard InChI is InChI=1S/C13H22N2S/c1-10-7-12(11(2)16-10)9-15-6-4-3-5-13(15)8-14/h7,13H,3-6,8-9,14H2,1-2H3. The third-order valence-electron chi connectivity index (χ3n) is 3.54. The molecular formula is C13H22N2S. The number of rotatable bonds is 3. The topological polar surface area (TPSA) is 29.3 Å². The van der Waals surface area contributed by atoms with Gasteiger partial charge in [-0.15, -0.1) is 11.3 Å². The molecule has 16 heavy (non-hydrogen) atoms. The highest BCUT2D eigenvalue weighted by atomic mass is 32.1. The number of nitrogens with zero attached hydrogens (tertiary/aromatic N) is 1. The first kappa shape index (κ1) is 12.1. The van der Waals surface area contributed by atoms with E-state index in [2.05, 4.69) is 24.8 Å². The Morgan fingerprint density at radius 1 is 1.44 bits per heavy atom. The van der Waals surface area contributed by atoms with Crippen molar-refractivity contribution in [3.8, 4) is 0 Å². The van der Waals surface area contributed by atoms with Crippen molar-refractivity contribution in [2.75, 3.05) is 13.1 Å². The van der Waals surface area contributed by atoms with Crippen molar-refractivity contribution in [2.45, 2.75) is 45.7 Å². The number of piperidine rings is 1. The van der Waals surface area contributed by atoms with E-state index in [4.69, 9.17) is 5.73 Å². The Balaban J connectivity index is 2.04. The second-order valence-corrected chi connectivity index (χ2v) is 6.25. The molecule has 1 unspecified atom stereocenters. The van der Waals surface area contributed by atoms with Gasteiger partial charge in [-0.3, -0.25) is 4.90 Å². The lowest BCUT2D eigenvalue weighted by Crippen LogP contribution is -2.43. The maximum absolute atomic E-state index is 5.85. The lowest BCUT2D eigenvalue weighted by Gasteiger charge is -2.34. The van der Waals surface area contributed by atoms with Crippen LogP contribution in [0.5, 0.6) is 0 Å². The van der Waals surface area contributed by atoms with Crippen molar-refractivity contribution in [2.24, 2.45) is 5.73 Å². The molecule has 2 nitrogen and oxygen atoms in total. The van der Waals surface area contributed by atoms with Gasteiger partial charge in [0.05, 0.1) is 0 Å². The van der Waals surface area contributed by atoms with Gasteiger partial charge in [-0.25, -0.2) is 0 Å². The fraction of sp³-hybridized carbons (Fsp3) is 0.692. The molecule has 1 aromatic heterocycles. The first-order chi connectivity index (χ1) is 7.70. The third-order valence-corrected chi connectivity index (χ3v) is 4.55. The average Bonchev–Trinajstić information content (AvgIpc) is 2.58. The van der Waals surface area contributed by atoms with Crippen LogP contribution in [0.1, 0.15) is 34.6 Å². The van der Waals surface area contributed by atoms with Gasteiger partial charge in [0.1, 0.15) is 0 Å². The molecule has 0 spiro atoms. The van der Waals surface area contributed by atoms with Crippen LogP contribution in [0.4, 0.5) is 0 Å². The van der Waals surface area contributed by atoms with Gasteiger partial charge in [-0.05, 0) is 44.9 Å². The molecule has 0 amide bonds. The van der Waals surface area contributed by atoms with E-state index in [1.807, 2.05) is 11.3 Å². The van der Waals surface area contributed by atoms with E-state index in [1.54, 1.807) is 0 Å². The Morgan fingerprint density at radius 3 is 2.88 bits per heavy atom. The third kappa shape index (κ3) is 2.65. The van der Waals surface area contributed by atoms with Gasteiger partial charge in [0.15, 0.2) is 0 Å². The smallest absolute Gasteiger partial charge is 0.0248 e. The van der Waals surface area contributed by atoms with Crippen molar-refractivity contribution >= 4 is 11.3 Å². The van der Waals surface area contributed by atoms with Crippen molar-refractivity contribution in [3.05, 3.63) is 21.4 Å². The summed E-state index contributed by atoms with van der Waals surface area (Å²) in [6, 6.07) is 2.94. The van der Waals surface area contributed by atoms with Crippen LogP contribution in [0.3, 0.4) is 0 Å². The number of aryl methyl sites for hydroxylation is 2. The molecule has 0 bridgehead atoms. The van der Waals surface area contributed by atoms with Crippen molar-refractivity contribution < 1.29 is 0 Å². The molecule has 1 fully saturated rings. The minimum atomic E-state index is 0.605. The zero-order valence-corrected chi connectivity index (χ0v) is 11.1. The molecular weight excluding hydrogens is 216 g/mol. The van der Waals surface area contributed by atoms with Crippen LogP contribution in [0, 0.1) is 13.8 Å². The molecule has 0 aromatic carbocycles. The Hall–Kier alpha value is -0.380. The molecule has 0 aliphatic carbocycles. The van der Waals surface area contributed by atoms with Crippen molar-refractivity contribution in [3.63, 3.8) is 0 Å². The molecule has 1 aliphatic rings. The second kappa shape index (κ2) is 5.30. The Morgan fingerprint density at radius 2 is 2.25 bits per heavy atom. The first-order valence-corrected chi connectivity index (χ1v) is 7.02. The number of hydrogen-bond acceptors (Lipinski definition) is 3. The van der Waals surface area contributed by atoms with Gasteiger partial charge in [0.25, 0.3) is 0 Å². The summed E-state index contributed by atoms with van der Waals surface area (Å²) in [5.74, 6) is 0. The number of likely N-dealkylation sites (tertiary alicyclic amines) is 1. The molecule has 1 aliphatic heterocycles. The van der Waals surface area contributed by atoms with E-state index >= 15 is 0 Å². The van der Waals surface area contributed by atoms with E-state index in [-0.39, 0.29) is 0 Å². The number of nitrogens with two attached hydrogens (primary N) is 1. The Bertz CT molecular complexity index is 346. The molecule has 1 atom stereocenters. The van der Waals surface area contributed by atoms with Crippen LogP contribution in [0.2, 0.25) is 0 Å². The van der Waals surface area contributed by atoms with Crippen molar-refractivity contribution in [1.82, 2.24) is 4.90 Å². The van der Waals surface area contributed by atoms with Crippen LogP contribution >= 0.6 is 11.3 Å². The lowest BCUT2D eigenvalue weighted by atomic mass is 10.0. The molecule has 2 rings (SSSR count). The minimum Gasteiger partial charge on any atom is -0.329 e. The summed E-state index contributed by atoms with van der Waals surface area (Å²) < 4.78 is 0. The van der Waals surface area contributed by atoms with Gasteiger partial charge in [0.2, 0.25) is 0 Å². The summed E-state index contributed by atoms with van der Waals surface area (Å²) in [4.78, 5) is 5.46. The van der Waals surface area contributed by atoms with E-state index in [1.165, 1.54) is 41.1 Å². The molecule has 1 aromatic rings. The first-order valence-electron chi connectivity index (χ1n) is 6.20. The van der Waals surface area contributed by atoms with E-state index in [0.717, 1.165) is 13.1 Å². The van der Waals surface area contributed by atoms with E-state index in [9.17, 15) is 0 Å². The summed E-state index contributed by atoms with van der Waals surface area (Å²) in [6.45, 7) is 7.54. The average molecular weight is 238 g/mol. The van der Waals surface area contributed by atoms with Crippen LogP contribution in [0.25, 0.3) is 0 Å². The highest BCUT2D eigenvalue weighted by Gasteiger charge is 2.21. The number of thiophene rings is 1. The Kier molecular flexibility index (Phi) is 4.00. The van der Waals surface area contributed by atoms with Gasteiger partial charge >= 0.3 is 0 Å². The SMILES string of the molecule is Cc1cc(CN2CCCCC2CN)c(C)s1.